The van der Waals surface area contributed by atoms with Crippen molar-refractivity contribution in [3.8, 4) is 0 Å². The molecule has 0 fully saturated rings. The molecule has 0 saturated carbocycles. The molecule has 1 aromatic carbocycles. The molecule has 20 heavy (non-hydrogen) atoms. The average Bonchev–Trinajstić information content (AvgIpc) is 2.85. The van der Waals surface area contributed by atoms with Crippen LogP contribution in [0.25, 0.3) is 0 Å². The van der Waals surface area contributed by atoms with E-state index in [-0.39, 0.29) is 5.91 Å². The van der Waals surface area contributed by atoms with Gasteiger partial charge in [0.05, 0.1) is 0 Å². The summed E-state index contributed by atoms with van der Waals surface area (Å²) < 4.78 is 0.862. The van der Waals surface area contributed by atoms with Gasteiger partial charge in [0.25, 0.3) is 5.91 Å². The summed E-state index contributed by atoms with van der Waals surface area (Å²) in [6.45, 7) is 4.26. The van der Waals surface area contributed by atoms with E-state index in [0.717, 1.165) is 10.8 Å². The molecule has 106 valence electrons. The van der Waals surface area contributed by atoms with Gasteiger partial charge in [-0.15, -0.1) is 10.2 Å². The van der Waals surface area contributed by atoms with Crippen molar-refractivity contribution in [2.75, 3.05) is 5.32 Å². The Hall–Kier alpha value is -1.11. The number of rotatable bonds is 5. The zero-order valence-electron chi connectivity index (χ0n) is 11.1. The number of hydrogen-bond donors (Lipinski definition) is 1. The highest BCUT2D eigenvalue weighted by molar-refractivity contribution is 8.01. The lowest BCUT2D eigenvalue weighted by atomic mass is 10.2. The van der Waals surface area contributed by atoms with Crippen molar-refractivity contribution >= 4 is 45.7 Å². The molecule has 1 heterocycles. The van der Waals surface area contributed by atoms with Crippen molar-refractivity contribution in [2.45, 2.75) is 29.9 Å². The zero-order chi connectivity index (χ0) is 14.5. The number of benzene rings is 1. The first-order chi connectivity index (χ1) is 9.58. The predicted molar refractivity (Wildman–Crippen MR) is 84.9 cm³/mol. The molecular weight excluding hydrogens is 314 g/mol. The second-order valence-corrected chi connectivity index (χ2v) is 7.27. The van der Waals surface area contributed by atoms with Crippen molar-refractivity contribution < 1.29 is 4.79 Å². The van der Waals surface area contributed by atoms with Crippen molar-refractivity contribution in [3.05, 3.63) is 34.9 Å². The number of hydrogen-bond acceptors (Lipinski definition) is 5. The summed E-state index contributed by atoms with van der Waals surface area (Å²) in [6, 6.07) is 6.79. The number of thioether (sulfide) groups is 1. The van der Waals surface area contributed by atoms with Crippen LogP contribution in [0.15, 0.2) is 28.6 Å². The van der Waals surface area contributed by atoms with Gasteiger partial charge < -0.3 is 0 Å². The molecule has 0 aliphatic rings. The molecule has 1 unspecified atom stereocenters. The van der Waals surface area contributed by atoms with Crippen LogP contribution in [0.4, 0.5) is 5.13 Å². The number of aromatic nitrogens is 2. The Kier molecular flexibility index (Phi) is 5.39. The molecule has 0 aliphatic carbocycles. The van der Waals surface area contributed by atoms with Gasteiger partial charge >= 0.3 is 0 Å². The quantitative estimate of drug-likeness (QED) is 0.655. The standard InChI is InChI=1S/C13H14ClN3OS2/c1-3-8(2)19-13-17-16-12(20-13)15-11(18)9-5-4-6-10(14)7-9/h4-8H,3H2,1-2H3,(H,15,16,18). The van der Waals surface area contributed by atoms with E-state index in [1.165, 1.54) is 11.3 Å². The van der Waals surface area contributed by atoms with Crippen LogP contribution in [-0.2, 0) is 0 Å². The van der Waals surface area contributed by atoms with Crippen LogP contribution in [0.3, 0.4) is 0 Å². The first-order valence-electron chi connectivity index (χ1n) is 6.15. The molecule has 0 spiro atoms. The third-order valence-corrected chi connectivity index (χ3v) is 5.02. The van der Waals surface area contributed by atoms with E-state index < -0.39 is 0 Å². The van der Waals surface area contributed by atoms with E-state index in [4.69, 9.17) is 11.6 Å². The molecule has 1 atom stereocenters. The molecular formula is C13H14ClN3OS2. The van der Waals surface area contributed by atoms with Crippen molar-refractivity contribution in [3.63, 3.8) is 0 Å². The largest absolute Gasteiger partial charge is 0.296 e. The number of anilines is 1. The molecule has 2 aromatic rings. The van der Waals surface area contributed by atoms with Gasteiger partial charge in [0.15, 0.2) is 4.34 Å². The first kappa shape index (κ1) is 15.3. The van der Waals surface area contributed by atoms with Gasteiger partial charge in [-0.3, -0.25) is 10.1 Å². The van der Waals surface area contributed by atoms with Crippen molar-refractivity contribution in [2.24, 2.45) is 0 Å². The molecule has 0 bridgehead atoms. The highest BCUT2D eigenvalue weighted by Crippen LogP contribution is 2.30. The lowest BCUT2D eigenvalue weighted by Crippen LogP contribution is -2.11. The summed E-state index contributed by atoms with van der Waals surface area (Å²) >= 11 is 8.90. The van der Waals surface area contributed by atoms with Crippen LogP contribution in [-0.4, -0.2) is 21.4 Å². The summed E-state index contributed by atoms with van der Waals surface area (Å²) in [6.07, 6.45) is 1.06. The number of nitrogens with one attached hydrogen (secondary N) is 1. The van der Waals surface area contributed by atoms with Gasteiger partial charge in [-0.2, -0.15) is 0 Å². The Morgan fingerprint density at radius 2 is 2.30 bits per heavy atom. The summed E-state index contributed by atoms with van der Waals surface area (Å²) in [7, 11) is 0. The van der Waals surface area contributed by atoms with E-state index in [9.17, 15) is 4.79 Å². The maximum Gasteiger partial charge on any atom is 0.257 e. The minimum Gasteiger partial charge on any atom is -0.296 e. The van der Waals surface area contributed by atoms with Gasteiger partial charge in [-0.1, -0.05) is 54.6 Å². The predicted octanol–water partition coefficient (Wildman–Crippen LogP) is 4.33. The summed E-state index contributed by atoms with van der Waals surface area (Å²) in [5.74, 6) is -0.233. The summed E-state index contributed by atoms with van der Waals surface area (Å²) in [4.78, 5) is 12.0. The molecule has 1 amide bonds. The third kappa shape index (κ3) is 4.19. The Bertz CT molecular complexity index is 603. The topological polar surface area (TPSA) is 54.9 Å². The van der Waals surface area contributed by atoms with E-state index in [0.29, 0.717) is 21.0 Å². The molecule has 4 nitrogen and oxygen atoms in total. The van der Waals surface area contributed by atoms with Gasteiger partial charge in [-0.05, 0) is 24.6 Å². The molecule has 0 radical (unpaired) electrons. The number of amides is 1. The van der Waals surface area contributed by atoms with Gasteiger partial charge in [0.1, 0.15) is 0 Å². The van der Waals surface area contributed by atoms with Gasteiger partial charge in [0.2, 0.25) is 5.13 Å². The highest BCUT2D eigenvalue weighted by Gasteiger charge is 2.12. The Labute approximate surface area is 130 Å². The summed E-state index contributed by atoms with van der Waals surface area (Å²) in [5.41, 5.74) is 0.504. The van der Waals surface area contributed by atoms with E-state index >= 15 is 0 Å². The van der Waals surface area contributed by atoms with Crippen LogP contribution < -0.4 is 5.32 Å². The van der Waals surface area contributed by atoms with Crippen LogP contribution in [0.5, 0.6) is 0 Å². The maximum atomic E-state index is 12.0. The SMILES string of the molecule is CCC(C)Sc1nnc(NC(=O)c2cccc(Cl)c2)s1. The van der Waals surface area contributed by atoms with Crippen molar-refractivity contribution in [1.82, 2.24) is 10.2 Å². The fourth-order valence-corrected chi connectivity index (χ4v) is 3.55. The van der Waals surface area contributed by atoms with E-state index in [1.807, 2.05) is 0 Å². The second kappa shape index (κ2) is 7.06. The fourth-order valence-electron chi connectivity index (χ4n) is 1.36. The Balaban J connectivity index is 2.01. The second-order valence-electron chi connectivity index (χ2n) is 4.17. The lowest BCUT2D eigenvalue weighted by Gasteiger charge is -2.02. The lowest BCUT2D eigenvalue weighted by molar-refractivity contribution is 0.102. The van der Waals surface area contributed by atoms with Gasteiger partial charge in [-0.25, -0.2) is 0 Å². The molecule has 0 aliphatic heterocycles. The number of halogens is 1. The maximum absolute atomic E-state index is 12.0. The molecule has 2 rings (SSSR count). The minimum absolute atomic E-state index is 0.233. The van der Waals surface area contributed by atoms with Crippen LogP contribution >= 0.6 is 34.7 Å². The molecule has 1 N–H and O–H groups in total. The average molecular weight is 328 g/mol. The van der Waals surface area contributed by atoms with Crippen molar-refractivity contribution in [1.29, 1.82) is 0 Å². The van der Waals surface area contributed by atoms with Crippen LogP contribution in [0.1, 0.15) is 30.6 Å². The third-order valence-electron chi connectivity index (χ3n) is 2.59. The fraction of sp³-hybridized carbons (Fsp3) is 0.308. The Morgan fingerprint density at radius 3 is 3.00 bits per heavy atom. The van der Waals surface area contributed by atoms with E-state index in [2.05, 4.69) is 29.4 Å². The van der Waals surface area contributed by atoms with E-state index in [1.54, 1.807) is 36.0 Å². The Morgan fingerprint density at radius 1 is 1.50 bits per heavy atom. The monoisotopic (exact) mass is 327 g/mol. The van der Waals surface area contributed by atoms with Gasteiger partial charge in [0, 0.05) is 15.8 Å². The molecule has 7 heteroatoms. The summed E-state index contributed by atoms with van der Waals surface area (Å²) in [5, 5.41) is 12.3. The van der Waals surface area contributed by atoms with Crippen LogP contribution in [0.2, 0.25) is 5.02 Å². The number of carbonyl (C=O) groups excluding carboxylic acids is 1. The van der Waals surface area contributed by atoms with Crippen LogP contribution in [0, 0.1) is 0 Å². The molecule has 1 aromatic heterocycles. The molecule has 0 saturated heterocycles. The minimum atomic E-state index is -0.233. The number of nitrogens with zero attached hydrogens (tertiary/aromatic N) is 2. The number of carbonyl (C=O) groups is 1. The normalized spacial score (nSPS) is 12.2. The highest BCUT2D eigenvalue weighted by atomic mass is 35.5. The first-order valence-corrected chi connectivity index (χ1v) is 8.23. The zero-order valence-corrected chi connectivity index (χ0v) is 13.5. The smallest absolute Gasteiger partial charge is 0.257 e.